The maximum atomic E-state index is 14.2. The molecule has 0 bridgehead atoms. The van der Waals surface area contributed by atoms with E-state index in [1.807, 2.05) is 35.8 Å². The molecule has 0 aliphatic rings. The second-order valence-corrected chi connectivity index (χ2v) is 8.40. The van der Waals surface area contributed by atoms with Gasteiger partial charge in [-0.3, -0.25) is 4.57 Å². The van der Waals surface area contributed by atoms with Crippen LogP contribution in [0.2, 0.25) is 5.02 Å². The molecule has 0 atom stereocenters. The summed E-state index contributed by atoms with van der Waals surface area (Å²) in [5.74, 6) is -0.534. The zero-order chi connectivity index (χ0) is 22.8. The normalized spacial score (nSPS) is 10.9. The van der Waals surface area contributed by atoms with Gasteiger partial charge >= 0.3 is 5.97 Å². The zero-order valence-corrected chi connectivity index (χ0v) is 19.2. The van der Waals surface area contributed by atoms with Crippen LogP contribution in [0.5, 0.6) is 5.75 Å². The number of benzene rings is 2. The van der Waals surface area contributed by atoms with Gasteiger partial charge in [0.05, 0.1) is 5.69 Å². The Hall–Kier alpha value is -3.16. The minimum atomic E-state index is -1.10. The molecule has 0 saturated heterocycles. The lowest BCUT2D eigenvalue weighted by atomic mass is 10.1. The lowest BCUT2D eigenvalue weighted by Crippen LogP contribution is -2.07. The predicted octanol–water partition coefficient (Wildman–Crippen LogP) is 6.68. The van der Waals surface area contributed by atoms with E-state index in [-0.39, 0.29) is 12.3 Å². The molecule has 2 heterocycles. The Morgan fingerprint density at radius 2 is 1.97 bits per heavy atom. The molecule has 5 nitrogen and oxygen atoms in total. The standard InChI is InChI=1S/C24H17BrClFN2O3/c1-14-5-9-21(29(14)23-4-2-3-20(28-23)24(30)31)18-11-16(25)7-10-22(18)32-13-15-6-8-17(26)12-19(15)27/h2-12H,13H2,1H3,(H,30,31). The average Bonchev–Trinajstić information content (AvgIpc) is 3.15. The van der Waals surface area contributed by atoms with Crippen LogP contribution in [0.1, 0.15) is 21.7 Å². The van der Waals surface area contributed by atoms with E-state index in [4.69, 9.17) is 16.3 Å². The highest BCUT2D eigenvalue weighted by Gasteiger charge is 2.17. The Bertz CT molecular complexity index is 1320. The molecule has 0 unspecified atom stereocenters. The van der Waals surface area contributed by atoms with Crippen molar-refractivity contribution < 1.29 is 19.0 Å². The fourth-order valence-electron chi connectivity index (χ4n) is 3.34. The summed E-state index contributed by atoms with van der Waals surface area (Å²) in [6.07, 6.45) is 0. The van der Waals surface area contributed by atoms with E-state index in [0.717, 1.165) is 21.4 Å². The first-order valence-electron chi connectivity index (χ1n) is 9.59. The van der Waals surface area contributed by atoms with Crippen molar-refractivity contribution in [3.05, 3.63) is 99.0 Å². The molecule has 4 rings (SSSR count). The number of carbonyl (C=O) groups is 1. The van der Waals surface area contributed by atoms with Gasteiger partial charge in [-0.1, -0.05) is 39.7 Å². The summed E-state index contributed by atoms with van der Waals surface area (Å²) in [5, 5.41) is 9.64. The number of aromatic carboxylic acids is 1. The monoisotopic (exact) mass is 514 g/mol. The molecule has 0 spiro atoms. The van der Waals surface area contributed by atoms with Crippen LogP contribution < -0.4 is 4.74 Å². The minimum absolute atomic E-state index is 0.0179. The van der Waals surface area contributed by atoms with Gasteiger partial charge < -0.3 is 9.84 Å². The summed E-state index contributed by atoms with van der Waals surface area (Å²) < 4.78 is 22.9. The van der Waals surface area contributed by atoms with E-state index >= 15 is 0 Å². The van der Waals surface area contributed by atoms with E-state index in [0.29, 0.717) is 22.2 Å². The topological polar surface area (TPSA) is 64.3 Å². The number of hydrogen-bond donors (Lipinski definition) is 1. The molecule has 0 saturated carbocycles. The lowest BCUT2D eigenvalue weighted by Gasteiger charge is -2.16. The van der Waals surface area contributed by atoms with Crippen molar-refractivity contribution in [1.29, 1.82) is 0 Å². The van der Waals surface area contributed by atoms with Crippen LogP contribution in [0.25, 0.3) is 17.1 Å². The summed E-state index contributed by atoms with van der Waals surface area (Å²) >= 11 is 9.33. The Balaban J connectivity index is 1.76. The Labute approximate surface area is 197 Å². The molecule has 4 aromatic rings. The van der Waals surface area contributed by atoms with E-state index < -0.39 is 11.8 Å². The first-order valence-corrected chi connectivity index (χ1v) is 10.8. The molecule has 0 aliphatic heterocycles. The molecule has 1 N–H and O–H groups in total. The van der Waals surface area contributed by atoms with Crippen LogP contribution in [0.4, 0.5) is 4.39 Å². The zero-order valence-electron chi connectivity index (χ0n) is 16.8. The highest BCUT2D eigenvalue weighted by molar-refractivity contribution is 9.10. The molecule has 32 heavy (non-hydrogen) atoms. The van der Waals surface area contributed by atoms with Gasteiger partial charge in [0.25, 0.3) is 0 Å². The van der Waals surface area contributed by atoms with Crippen molar-refractivity contribution >= 4 is 33.5 Å². The number of carboxylic acid groups (broad SMARTS) is 1. The molecule has 8 heteroatoms. The van der Waals surface area contributed by atoms with Crippen molar-refractivity contribution in [3.8, 4) is 22.8 Å². The fraction of sp³-hybridized carbons (Fsp3) is 0.0833. The lowest BCUT2D eigenvalue weighted by molar-refractivity contribution is 0.0690. The van der Waals surface area contributed by atoms with Gasteiger partial charge in [0.15, 0.2) is 5.69 Å². The van der Waals surface area contributed by atoms with Crippen LogP contribution in [0.15, 0.2) is 71.2 Å². The molecule has 0 radical (unpaired) electrons. The van der Waals surface area contributed by atoms with Gasteiger partial charge in [-0.15, -0.1) is 0 Å². The van der Waals surface area contributed by atoms with Crippen molar-refractivity contribution in [2.45, 2.75) is 13.5 Å². The van der Waals surface area contributed by atoms with E-state index in [1.54, 1.807) is 30.3 Å². The van der Waals surface area contributed by atoms with Crippen molar-refractivity contribution in [2.75, 3.05) is 0 Å². The third-order valence-electron chi connectivity index (χ3n) is 4.87. The maximum absolute atomic E-state index is 14.2. The number of rotatable bonds is 6. The second kappa shape index (κ2) is 9.14. The average molecular weight is 516 g/mol. The van der Waals surface area contributed by atoms with Gasteiger partial charge in [-0.25, -0.2) is 14.2 Å². The number of halogens is 3. The molecular formula is C24H17BrClFN2O3. The first kappa shape index (κ1) is 22.0. The first-order chi connectivity index (χ1) is 15.3. The van der Waals surface area contributed by atoms with Crippen molar-refractivity contribution in [3.63, 3.8) is 0 Å². The molecule has 2 aromatic heterocycles. The molecule has 0 fully saturated rings. The van der Waals surface area contributed by atoms with Gasteiger partial charge in [-0.2, -0.15) is 0 Å². The fourth-order valence-corrected chi connectivity index (χ4v) is 3.86. The summed E-state index contributed by atoms with van der Waals surface area (Å²) in [7, 11) is 0. The summed E-state index contributed by atoms with van der Waals surface area (Å²) in [6, 6.07) is 18.6. The number of aryl methyl sites for hydroxylation is 1. The number of carboxylic acids is 1. The number of aromatic nitrogens is 2. The minimum Gasteiger partial charge on any atom is -0.488 e. The largest absolute Gasteiger partial charge is 0.488 e. The van der Waals surface area contributed by atoms with E-state index in [1.165, 1.54) is 12.1 Å². The Morgan fingerprint density at radius 3 is 2.72 bits per heavy atom. The van der Waals surface area contributed by atoms with Gasteiger partial charge in [0.1, 0.15) is 24.0 Å². The summed E-state index contributed by atoms with van der Waals surface area (Å²) in [4.78, 5) is 15.7. The maximum Gasteiger partial charge on any atom is 0.354 e. The molecule has 0 aliphatic carbocycles. The molecule has 2 aromatic carbocycles. The van der Waals surface area contributed by atoms with Crippen LogP contribution in [0, 0.1) is 12.7 Å². The quantitative estimate of drug-likeness (QED) is 0.311. The van der Waals surface area contributed by atoms with Crippen LogP contribution in [0.3, 0.4) is 0 Å². The van der Waals surface area contributed by atoms with E-state index in [2.05, 4.69) is 20.9 Å². The smallest absolute Gasteiger partial charge is 0.354 e. The Morgan fingerprint density at radius 1 is 1.16 bits per heavy atom. The molecule has 0 amide bonds. The number of hydrogen-bond acceptors (Lipinski definition) is 3. The Kier molecular flexibility index (Phi) is 6.30. The number of pyridine rings is 1. The highest BCUT2D eigenvalue weighted by Crippen LogP contribution is 2.36. The second-order valence-electron chi connectivity index (χ2n) is 7.05. The highest BCUT2D eigenvalue weighted by atomic mass is 79.9. The third-order valence-corrected chi connectivity index (χ3v) is 5.60. The number of ether oxygens (including phenoxy) is 1. The number of nitrogens with zero attached hydrogens (tertiary/aromatic N) is 2. The van der Waals surface area contributed by atoms with Crippen molar-refractivity contribution in [2.24, 2.45) is 0 Å². The van der Waals surface area contributed by atoms with Gasteiger partial charge in [0, 0.05) is 26.3 Å². The van der Waals surface area contributed by atoms with Crippen molar-refractivity contribution in [1.82, 2.24) is 9.55 Å². The molecule has 162 valence electrons. The predicted molar refractivity (Wildman–Crippen MR) is 124 cm³/mol. The molecular weight excluding hydrogens is 499 g/mol. The van der Waals surface area contributed by atoms with Crippen LogP contribution >= 0.6 is 27.5 Å². The van der Waals surface area contributed by atoms with Crippen LogP contribution in [-0.2, 0) is 6.61 Å². The summed E-state index contributed by atoms with van der Waals surface area (Å²) in [6.45, 7) is 1.92. The third kappa shape index (κ3) is 4.54. The van der Waals surface area contributed by atoms with Gasteiger partial charge in [0.2, 0.25) is 0 Å². The SMILES string of the molecule is Cc1ccc(-c2cc(Br)ccc2OCc2ccc(Cl)cc2F)n1-c1cccc(C(=O)O)n1. The van der Waals surface area contributed by atoms with E-state index in [9.17, 15) is 14.3 Å². The summed E-state index contributed by atoms with van der Waals surface area (Å²) in [5.41, 5.74) is 2.69. The van der Waals surface area contributed by atoms with Crippen LogP contribution in [-0.4, -0.2) is 20.6 Å². The van der Waals surface area contributed by atoms with Gasteiger partial charge in [-0.05, 0) is 61.5 Å².